The molecule has 3 rings (SSSR count). The van der Waals surface area contributed by atoms with Crippen LogP contribution in [0.25, 0.3) is 10.2 Å². The summed E-state index contributed by atoms with van der Waals surface area (Å²) < 4.78 is 12.1. The van der Waals surface area contributed by atoms with Crippen LogP contribution in [0.5, 0.6) is 11.5 Å². The minimum absolute atomic E-state index is 0.0183. The summed E-state index contributed by atoms with van der Waals surface area (Å²) >= 11 is 4.88. The van der Waals surface area contributed by atoms with Gasteiger partial charge in [-0.15, -0.1) is 0 Å². The SMILES string of the molecule is COc1ccc2nc(NCC(=O)c3ccc(OC)c(Br)c3)sc2c1. The van der Waals surface area contributed by atoms with Crippen LogP contribution in [-0.4, -0.2) is 31.5 Å². The molecule has 124 valence electrons. The molecule has 5 nitrogen and oxygen atoms in total. The Morgan fingerprint density at radius 1 is 1.21 bits per heavy atom. The zero-order valence-corrected chi connectivity index (χ0v) is 15.5. The van der Waals surface area contributed by atoms with E-state index in [0.717, 1.165) is 20.4 Å². The van der Waals surface area contributed by atoms with E-state index in [1.165, 1.54) is 11.3 Å². The van der Waals surface area contributed by atoms with Crippen molar-refractivity contribution in [3.05, 3.63) is 46.4 Å². The monoisotopic (exact) mass is 406 g/mol. The fourth-order valence-corrected chi connectivity index (χ4v) is 3.64. The van der Waals surface area contributed by atoms with Gasteiger partial charge in [-0.2, -0.15) is 0 Å². The van der Waals surface area contributed by atoms with Crippen molar-refractivity contribution < 1.29 is 14.3 Å². The molecule has 1 N–H and O–H groups in total. The number of hydrogen-bond donors (Lipinski definition) is 1. The van der Waals surface area contributed by atoms with Crippen molar-refractivity contribution in [1.82, 2.24) is 4.98 Å². The van der Waals surface area contributed by atoms with Gasteiger partial charge in [0.25, 0.3) is 0 Å². The molecule has 1 heterocycles. The van der Waals surface area contributed by atoms with E-state index in [1.54, 1.807) is 32.4 Å². The van der Waals surface area contributed by atoms with Crippen LogP contribution in [-0.2, 0) is 0 Å². The fourth-order valence-electron chi connectivity index (χ4n) is 2.21. The summed E-state index contributed by atoms with van der Waals surface area (Å²) in [5.74, 6) is 1.46. The second-order valence-corrected chi connectivity index (χ2v) is 6.86. The predicted octanol–water partition coefficient (Wildman–Crippen LogP) is 4.37. The van der Waals surface area contributed by atoms with Gasteiger partial charge in [0.15, 0.2) is 10.9 Å². The molecule has 0 aliphatic heterocycles. The highest BCUT2D eigenvalue weighted by Crippen LogP contribution is 2.29. The first-order valence-corrected chi connectivity index (χ1v) is 8.77. The van der Waals surface area contributed by atoms with E-state index in [1.807, 2.05) is 18.2 Å². The Bertz CT molecular complexity index is 895. The van der Waals surface area contributed by atoms with Gasteiger partial charge in [0, 0.05) is 5.56 Å². The molecule has 0 amide bonds. The highest BCUT2D eigenvalue weighted by molar-refractivity contribution is 9.10. The molecule has 1 aromatic heterocycles. The van der Waals surface area contributed by atoms with Crippen LogP contribution >= 0.6 is 27.3 Å². The molecule has 0 saturated carbocycles. The molecule has 0 atom stereocenters. The van der Waals surface area contributed by atoms with Crippen molar-refractivity contribution in [2.75, 3.05) is 26.1 Å². The average molecular weight is 407 g/mol. The summed E-state index contributed by atoms with van der Waals surface area (Å²) in [7, 11) is 3.22. The standard InChI is InChI=1S/C17H15BrN2O3S/c1-22-11-4-5-13-16(8-11)24-17(20-13)19-9-14(21)10-3-6-15(23-2)12(18)7-10/h3-8H,9H2,1-2H3,(H,19,20). The minimum Gasteiger partial charge on any atom is -0.497 e. The van der Waals surface area contributed by atoms with Gasteiger partial charge in [0.2, 0.25) is 0 Å². The number of nitrogens with one attached hydrogen (secondary N) is 1. The average Bonchev–Trinajstić information content (AvgIpc) is 3.01. The number of ether oxygens (including phenoxy) is 2. The number of fused-ring (bicyclic) bond motifs is 1. The number of halogens is 1. The molecule has 0 unspecified atom stereocenters. The Labute approximate surface area is 151 Å². The summed E-state index contributed by atoms with van der Waals surface area (Å²) in [6.45, 7) is 0.176. The molecule has 2 aromatic carbocycles. The van der Waals surface area contributed by atoms with Gasteiger partial charge in [-0.3, -0.25) is 4.79 Å². The third kappa shape index (κ3) is 3.52. The number of aromatic nitrogens is 1. The fraction of sp³-hybridized carbons (Fsp3) is 0.176. The minimum atomic E-state index is -0.0183. The topological polar surface area (TPSA) is 60.5 Å². The zero-order valence-electron chi connectivity index (χ0n) is 13.1. The predicted molar refractivity (Wildman–Crippen MR) is 99.7 cm³/mol. The first-order valence-electron chi connectivity index (χ1n) is 7.16. The second kappa shape index (κ2) is 7.19. The zero-order chi connectivity index (χ0) is 17.1. The Morgan fingerprint density at radius 2 is 2.04 bits per heavy atom. The number of methoxy groups -OCH3 is 2. The number of carbonyl (C=O) groups excluding carboxylic acids is 1. The van der Waals surface area contributed by atoms with E-state index in [0.29, 0.717) is 16.4 Å². The Morgan fingerprint density at radius 3 is 2.75 bits per heavy atom. The van der Waals surface area contributed by atoms with E-state index in [2.05, 4.69) is 26.2 Å². The number of Topliss-reactive ketones (excluding diaryl/α,β-unsaturated/α-hetero) is 1. The van der Waals surface area contributed by atoms with Crippen molar-refractivity contribution in [3.8, 4) is 11.5 Å². The van der Waals surface area contributed by atoms with Crippen LogP contribution in [0.2, 0.25) is 0 Å². The van der Waals surface area contributed by atoms with Crippen molar-refractivity contribution in [2.24, 2.45) is 0 Å². The first kappa shape index (κ1) is 16.7. The van der Waals surface area contributed by atoms with E-state index >= 15 is 0 Å². The number of ketones is 1. The molecule has 0 radical (unpaired) electrons. The van der Waals surface area contributed by atoms with Crippen LogP contribution in [0.15, 0.2) is 40.9 Å². The second-order valence-electron chi connectivity index (χ2n) is 4.98. The van der Waals surface area contributed by atoms with Crippen molar-refractivity contribution in [1.29, 1.82) is 0 Å². The number of thiazole rings is 1. The summed E-state index contributed by atoms with van der Waals surface area (Å²) in [4.78, 5) is 16.8. The van der Waals surface area contributed by atoms with Crippen LogP contribution in [0.1, 0.15) is 10.4 Å². The maximum absolute atomic E-state index is 12.3. The lowest BCUT2D eigenvalue weighted by Crippen LogP contribution is -2.13. The number of carbonyl (C=O) groups is 1. The van der Waals surface area contributed by atoms with Gasteiger partial charge in [0.05, 0.1) is 35.5 Å². The largest absolute Gasteiger partial charge is 0.497 e. The smallest absolute Gasteiger partial charge is 0.184 e. The van der Waals surface area contributed by atoms with Crippen LogP contribution in [0, 0.1) is 0 Å². The van der Waals surface area contributed by atoms with Gasteiger partial charge in [0.1, 0.15) is 11.5 Å². The van der Waals surface area contributed by atoms with Gasteiger partial charge in [-0.05, 0) is 52.3 Å². The molecule has 7 heteroatoms. The van der Waals surface area contributed by atoms with Crippen molar-refractivity contribution in [3.63, 3.8) is 0 Å². The summed E-state index contributed by atoms with van der Waals surface area (Å²) in [5, 5.41) is 3.80. The van der Waals surface area contributed by atoms with E-state index in [4.69, 9.17) is 9.47 Å². The first-order chi connectivity index (χ1) is 11.6. The van der Waals surface area contributed by atoms with Crippen molar-refractivity contribution >= 4 is 48.4 Å². The van der Waals surface area contributed by atoms with E-state index in [9.17, 15) is 4.79 Å². The molecular formula is C17H15BrN2O3S. The highest BCUT2D eigenvalue weighted by Gasteiger charge is 2.11. The number of hydrogen-bond acceptors (Lipinski definition) is 6. The number of anilines is 1. The highest BCUT2D eigenvalue weighted by atomic mass is 79.9. The molecule has 24 heavy (non-hydrogen) atoms. The van der Waals surface area contributed by atoms with Crippen molar-refractivity contribution in [2.45, 2.75) is 0 Å². The molecular weight excluding hydrogens is 392 g/mol. The summed E-state index contributed by atoms with van der Waals surface area (Å²) in [5.41, 5.74) is 1.49. The molecule has 0 bridgehead atoms. The van der Waals surface area contributed by atoms with Crippen LogP contribution in [0.4, 0.5) is 5.13 Å². The number of nitrogens with zero attached hydrogens (tertiary/aromatic N) is 1. The van der Waals surface area contributed by atoms with Crippen LogP contribution in [0.3, 0.4) is 0 Å². The molecule has 0 fully saturated rings. The normalized spacial score (nSPS) is 10.6. The lowest BCUT2D eigenvalue weighted by atomic mass is 10.1. The molecule has 0 aliphatic carbocycles. The van der Waals surface area contributed by atoms with Gasteiger partial charge < -0.3 is 14.8 Å². The Hall–Kier alpha value is -2.12. The van der Waals surface area contributed by atoms with Crippen LogP contribution < -0.4 is 14.8 Å². The molecule has 0 aliphatic rings. The summed E-state index contributed by atoms with van der Waals surface area (Å²) in [6.07, 6.45) is 0. The summed E-state index contributed by atoms with van der Waals surface area (Å²) in [6, 6.07) is 11.0. The number of rotatable bonds is 6. The molecule has 3 aromatic rings. The maximum atomic E-state index is 12.3. The molecule has 0 spiro atoms. The molecule has 0 saturated heterocycles. The Kier molecular flexibility index (Phi) is 5.01. The Balaban J connectivity index is 1.70. The van der Waals surface area contributed by atoms with Gasteiger partial charge in [-0.25, -0.2) is 4.98 Å². The third-order valence-electron chi connectivity index (χ3n) is 3.47. The maximum Gasteiger partial charge on any atom is 0.184 e. The number of benzene rings is 2. The lowest BCUT2D eigenvalue weighted by molar-refractivity contribution is 0.101. The van der Waals surface area contributed by atoms with Gasteiger partial charge >= 0.3 is 0 Å². The lowest BCUT2D eigenvalue weighted by Gasteiger charge is -2.06. The van der Waals surface area contributed by atoms with E-state index < -0.39 is 0 Å². The third-order valence-corrected chi connectivity index (χ3v) is 5.07. The quantitative estimate of drug-likeness (QED) is 0.615. The van der Waals surface area contributed by atoms with E-state index in [-0.39, 0.29) is 12.3 Å². The van der Waals surface area contributed by atoms with Gasteiger partial charge in [-0.1, -0.05) is 11.3 Å².